The molecule has 1 N–H and O–H groups in total. The zero-order valence-corrected chi connectivity index (χ0v) is 17.6. The maximum absolute atomic E-state index is 12.2. The van der Waals surface area contributed by atoms with Gasteiger partial charge in [-0.25, -0.2) is 4.68 Å². The van der Waals surface area contributed by atoms with E-state index in [2.05, 4.69) is 20.6 Å². The van der Waals surface area contributed by atoms with Crippen molar-refractivity contribution < 1.29 is 19.0 Å². The van der Waals surface area contributed by atoms with E-state index in [1.165, 1.54) is 6.08 Å². The predicted molar refractivity (Wildman–Crippen MR) is 121 cm³/mol. The number of hydrogen-bond acceptors (Lipinski definition) is 7. The minimum atomic E-state index is -0.253. The molecule has 0 radical (unpaired) electrons. The molecule has 0 unspecified atom stereocenters. The van der Waals surface area contributed by atoms with Gasteiger partial charge >= 0.3 is 0 Å². The van der Waals surface area contributed by atoms with E-state index in [-0.39, 0.29) is 12.7 Å². The average Bonchev–Trinajstić information content (AvgIpc) is 3.48. The van der Waals surface area contributed by atoms with Crippen LogP contribution < -0.4 is 19.5 Å². The fourth-order valence-electron chi connectivity index (χ4n) is 3.13. The number of nitrogens with one attached hydrogen (secondary N) is 1. The van der Waals surface area contributed by atoms with E-state index in [1.807, 2.05) is 37.4 Å². The molecule has 1 aliphatic heterocycles. The number of fused-ring (bicyclic) bond motifs is 1. The summed E-state index contributed by atoms with van der Waals surface area (Å²) in [5, 5.41) is 15.3. The third-order valence-electron chi connectivity index (χ3n) is 4.75. The van der Waals surface area contributed by atoms with Gasteiger partial charge in [0.25, 0.3) is 0 Å². The van der Waals surface area contributed by atoms with E-state index in [0.29, 0.717) is 34.6 Å². The average molecular weight is 441 g/mol. The van der Waals surface area contributed by atoms with Crippen LogP contribution >= 0.6 is 0 Å². The molecule has 9 nitrogen and oxygen atoms in total. The third kappa shape index (κ3) is 4.82. The summed E-state index contributed by atoms with van der Waals surface area (Å²) in [5.74, 6) is 2.64. The molecule has 3 heterocycles. The maximum atomic E-state index is 12.2. The van der Waals surface area contributed by atoms with Gasteiger partial charge in [-0.1, -0.05) is 6.07 Å². The van der Waals surface area contributed by atoms with Crippen LogP contribution in [-0.4, -0.2) is 32.7 Å². The van der Waals surface area contributed by atoms with Gasteiger partial charge in [0.05, 0.1) is 5.69 Å². The second-order valence-electron chi connectivity index (χ2n) is 7.19. The molecule has 1 aliphatic rings. The summed E-state index contributed by atoms with van der Waals surface area (Å²) in [7, 11) is 0. The van der Waals surface area contributed by atoms with Crippen LogP contribution in [0.15, 0.2) is 72.9 Å². The first-order chi connectivity index (χ1) is 16.1. The van der Waals surface area contributed by atoms with Crippen LogP contribution in [0, 0.1) is 6.92 Å². The van der Waals surface area contributed by atoms with Crippen molar-refractivity contribution in [2.45, 2.75) is 6.92 Å². The zero-order chi connectivity index (χ0) is 22.6. The van der Waals surface area contributed by atoms with E-state index in [1.54, 1.807) is 47.2 Å². The fourth-order valence-corrected chi connectivity index (χ4v) is 3.13. The Kier molecular flexibility index (Phi) is 5.42. The Bertz CT molecular complexity index is 1310. The minimum absolute atomic E-state index is 0.214. The van der Waals surface area contributed by atoms with Crippen LogP contribution in [0.25, 0.3) is 11.9 Å². The summed E-state index contributed by atoms with van der Waals surface area (Å²) in [5.41, 5.74) is 2.37. The van der Waals surface area contributed by atoms with Crippen molar-refractivity contribution in [3.05, 3.63) is 84.2 Å². The van der Waals surface area contributed by atoms with Gasteiger partial charge in [-0.05, 0) is 67.1 Å². The van der Waals surface area contributed by atoms with E-state index in [0.717, 1.165) is 11.3 Å². The Hall–Kier alpha value is -4.66. The highest BCUT2D eigenvalue weighted by Crippen LogP contribution is 2.32. The second-order valence-corrected chi connectivity index (χ2v) is 7.19. The highest BCUT2D eigenvalue weighted by molar-refractivity contribution is 6.02. The van der Waals surface area contributed by atoms with Gasteiger partial charge in [-0.15, -0.1) is 10.2 Å². The molecule has 0 atom stereocenters. The van der Waals surface area contributed by atoms with E-state index < -0.39 is 0 Å². The topological polar surface area (TPSA) is 100 Å². The predicted octanol–water partition coefficient (Wildman–Crippen LogP) is 4.14. The van der Waals surface area contributed by atoms with Crippen molar-refractivity contribution in [3.63, 3.8) is 0 Å². The fraction of sp³-hybridized carbons (Fsp3) is 0.0833. The lowest BCUT2D eigenvalue weighted by Crippen LogP contribution is -2.07. The number of nitrogens with zero attached hydrogens (tertiary/aromatic N) is 4. The van der Waals surface area contributed by atoms with Crippen LogP contribution in [0.1, 0.15) is 11.3 Å². The molecular weight excluding hydrogens is 422 g/mol. The SMILES string of the molecule is Cc1ccn(-c2ccc(Oc3ccc(NC(=O)/C=C/c4ccc5c(c4)OCO5)cc3)nn2)n1. The van der Waals surface area contributed by atoms with Crippen molar-refractivity contribution in [1.82, 2.24) is 20.0 Å². The summed E-state index contributed by atoms with van der Waals surface area (Å²) in [4.78, 5) is 12.2. The van der Waals surface area contributed by atoms with E-state index in [9.17, 15) is 4.79 Å². The number of aryl methyl sites for hydroxylation is 1. The van der Waals surface area contributed by atoms with E-state index in [4.69, 9.17) is 14.2 Å². The molecule has 5 rings (SSSR count). The summed E-state index contributed by atoms with van der Waals surface area (Å²) >= 11 is 0. The molecule has 1 amide bonds. The summed E-state index contributed by atoms with van der Waals surface area (Å²) in [6.07, 6.45) is 4.99. The van der Waals surface area contributed by atoms with Crippen molar-refractivity contribution in [2.24, 2.45) is 0 Å². The van der Waals surface area contributed by atoms with Crippen LogP contribution in [0.2, 0.25) is 0 Å². The Balaban J connectivity index is 1.17. The molecular formula is C24H19N5O4. The largest absolute Gasteiger partial charge is 0.454 e. The molecule has 164 valence electrons. The lowest BCUT2D eigenvalue weighted by Gasteiger charge is -2.07. The number of amides is 1. The number of hydrogen-bond donors (Lipinski definition) is 1. The second kappa shape index (κ2) is 8.83. The van der Waals surface area contributed by atoms with Crippen molar-refractivity contribution >= 4 is 17.7 Å². The van der Waals surface area contributed by atoms with Crippen LogP contribution in [0.5, 0.6) is 23.1 Å². The molecule has 0 bridgehead atoms. The van der Waals surface area contributed by atoms with Gasteiger partial charge in [0.15, 0.2) is 17.3 Å². The molecule has 33 heavy (non-hydrogen) atoms. The minimum Gasteiger partial charge on any atom is -0.454 e. The Morgan fingerprint density at radius 1 is 1.03 bits per heavy atom. The quantitative estimate of drug-likeness (QED) is 0.449. The standard InChI is InChI=1S/C24H19N5O4/c1-16-12-13-29(28-16)22-9-11-24(27-26-22)33-19-6-4-18(5-7-19)25-23(30)10-3-17-2-8-20-21(14-17)32-15-31-20/h2-14H,15H2,1H3,(H,25,30)/b10-3+. The highest BCUT2D eigenvalue weighted by Gasteiger charge is 2.12. The van der Waals surface area contributed by atoms with Gasteiger partial charge in [-0.2, -0.15) is 5.10 Å². The molecule has 4 aromatic rings. The molecule has 0 saturated heterocycles. The number of aromatic nitrogens is 4. The molecule has 0 aliphatic carbocycles. The van der Waals surface area contributed by atoms with Crippen LogP contribution in [0.4, 0.5) is 5.69 Å². The third-order valence-corrected chi connectivity index (χ3v) is 4.75. The zero-order valence-electron chi connectivity index (χ0n) is 17.6. The first-order valence-electron chi connectivity index (χ1n) is 10.2. The maximum Gasteiger partial charge on any atom is 0.248 e. The normalized spacial score (nSPS) is 12.2. The van der Waals surface area contributed by atoms with Gasteiger partial charge in [-0.3, -0.25) is 4.79 Å². The van der Waals surface area contributed by atoms with Gasteiger partial charge < -0.3 is 19.5 Å². The molecule has 2 aromatic heterocycles. The van der Waals surface area contributed by atoms with Crippen LogP contribution in [0.3, 0.4) is 0 Å². The molecule has 0 spiro atoms. The van der Waals surface area contributed by atoms with Crippen molar-refractivity contribution in [3.8, 4) is 28.9 Å². The first-order valence-corrected chi connectivity index (χ1v) is 10.2. The molecule has 2 aromatic carbocycles. The molecule has 9 heteroatoms. The summed E-state index contributed by atoms with van der Waals surface area (Å²) in [6, 6.07) is 17.8. The number of carbonyl (C=O) groups excluding carboxylic acids is 1. The van der Waals surface area contributed by atoms with Crippen LogP contribution in [-0.2, 0) is 4.79 Å². The summed E-state index contributed by atoms with van der Waals surface area (Å²) in [6.45, 7) is 2.12. The smallest absolute Gasteiger partial charge is 0.248 e. The van der Waals surface area contributed by atoms with Crippen molar-refractivity contribution in [2.75, 3.05) is 12.1 Å². The lowest BCUT2D eigenvalue weighted by molar-refractivity contribution is -0.111. The number of ether oxygens (including phenoxy) is 3. The number of anilines is 1. The monoisotopic (exact) mass is 441 g/mol. The van der Waals surface area contributed by atoms with Gasteiger partial charge in [0, 0.05) is 24.0 Å². The van der Waals surface area contributed by atoms with E-state index >= 15 is 0 Å². The lowest BCUT2D eigenvalue weighted by atomic mass is 10.2. The number of rotatable bonds is 6. The Morgan fingerprint density at radius 2 is 1.88 bits per heavy atom. The molecule has 0 fully saturated rings. The van der Waals surface area contributed by atoms with Gasteiger partial charge in [0.1, 0.15) is 5.75 Å². The summed E-state index contributed by atoms with van der Waals surface area (Å²) < 4.78 is 18.0. The number of benzene rings is 2. The molecule has 0 saturated carbocycles. The van der Waals surface area contributed by atoms with Crippen molar-refractivity contribution in [1.29, 1.82) is 0 Å². The Labute approximate surface area is 189 Å². The highest BCUT2D eigenvalue weighted by atomic mass is 16.7. The van der Waals surface area contributed by atoms with Gasteiger partial charge in [0.2, 0.25) is 18.6 Å². The first kappa shape index (κ1) is 20.3. The number of carbonyl (C=O) groups is 1. The Morgan fingerprint density at radius 3 is 2.64 bits per heavy atom.